The van der Waals surface area contributed by atoms with Crippen LogP contribution in [0.3, 0.4) is 0 Å². The highest BCUT2D eigenvalue weighted by atomic mass is 32.2. The maximum Gasteiger partial charge on any atom is 0.276 e. The zero-order valence-electron chi connectivity index (χ0n) is 16.8. The number of ether oxygens (including phenoxy) is 2. The van der Waals surface area contributed by atoms with Gasteiger partial charge in [0.1, 0.15) is 16.2 Å². The Labute approximate surface area is 186 Å². The molecule has 9 heteroatoms. The number of nitrogens with one attached hydrogen (secondary N) is 1. The number of nitrogens with zero attached hydrogens (tertiary/aromatic N) is 2. The lowest BCUT2D eigenvalue weighted by atomic mass is 10.3. The predicted molar refractivity (Wildman–Crippen MR) is 124 cm³/mol. The van der Waals surface area contributed by atoms with Gasteiger partial charge in [-0.2, -0.15) is 0 Å². The summed E-state index contributed by atoms with van der Waals surface area (Å²) in [5.74, 6) is 0.947. The molecule has 0 bridgehead atoms. The first kappa shape index (κ1) is 21.0. The summed E-state index contributed by atoms with van der Waals surface area (Å²) in [6.07, 6.45) is 0. The quantitative estimate of drug-likeness (QED) is 0.334. The summed E-state index contributed by atoms with van der Waals surface area (Å²) >= 11 is 2.52. The maximum atomic E-state index is 13.2. The Hall–Kier alpha value is -3.30. The summed E-state index contributed by atoms with van der Waals surface area (Å²) in [6.45, 7) is 0. The second kappa shape index (κ2) is 9.23. The molecule has 0 aliphatic carbocycles. The van der Waals surface area contributed by atoms with Crippen LogP contribution in [0.15, 0.2) is 69.9 Å². The topological polar surface area (TPSA) is 82.5 Å². The van der Waals surface area contributed by atoms with Crippen LogP contribution < -0.4 is 20.3 Å². The minimum Gasteiger partial charge on any atom is -0.495 e. The van der Waals surface area contributed by atoms with Crippen molar-refractivity contribution in [1.82, 2.24) is 9.55 Å². The molecule has 0 spiro atoms. The molecular formula is C22H19N3O4S2. The fourth-order valence-corrected chi connectivity index (χ4v) is 4.65. The number of thiophene rings is 1. The van der Waals surface area contributed by atoms with Crippen molar-refractivity contribution in [3.05, 3.63) is 70.3 Å². The van der Waals surface area contributed by atoms with Crippen molar-refractivity contribution >= 4 is 44.9 Å². The molecule has 31 heavy (non-hydrogen) atoms. The van der Waals surface area contributed by atoms with Gasteiger partial charge >= 0.3 is 0 Å². The Morgan fingerprint density at radius 2 is 1.77 bits per heavy atom. The van der Waals surface area contributed by atoms with Gasteiger partial charge in [0, 0.05) is 0 Å². The summed E-state index contributed by atoms with van der Waals surface area (Å²) in [6, 6.07) is 16.2. The minimum absolute atomic E-state index is 0.0648. The number of thioether (sulfide) groups is 1. The Morgan fingerprint density at radius 1 is 1.06 bits per heavy atom. The summed E-state index contributed by atoms with van der Waals surface area (Å²) in [4.78, 5) is 30.5. The average Bonchev–Trinajstić information content (AvgIpc) is 3.27. The highest BCUT2D eigenvalue weighted by Gasteiger charge is 2.18. The number of anilines is 1. The molecule has 2 aromatic heterocycles. The average molecular weight is 454 g/mol. The highest BCUT2D eigenvalue weighted by molar-refractivity contribution is 7.99. The van der Waals surface area contributed by atoms with Crippen LogP contribution in [0, 0.1) is 0 Å². The second-order valence-corrected chi connectivity index (χ2v) is 8.24. The first-order chi connectivity index (χ1) is 15.1. The number of carbonyl (C=O) groups excluding carboxylic acids is 1. The van der Waals surface area contributed by atoms with Gasteiger partial charge in [0.25, 0.3) is 5.56 Å². The number of methoxy groups -OCH3 is 2. The number of hydrogen-bond donors (Lipinski definition) is 1. The molecule has 0 saturated carbocycles. The molecule has 4 aromatic rings. The van der Waals surface area contributed by atoms with Gasteiger partial charge in [-0.15, -0.1) is 11.3 Å². The molecule has 7 nitrogen and oxygen atoms in total. The van der Waals surface area contributed by atoms with Gasteiger partial charge in [0.2, 0.25) is 5.91 Å². The minimum atomic E-state index is -0.235. The van der Waals surface area contributed by atoms with Crippen LogP contribution in [0.4, 0.5) is 5.69 Å². The number of benzene rings is 2. The van der Waals surface area contributed by atoms with Crippen molar-refractivity contribution in [2.45, 2.75) is 5.16 Å². The molecule has 0 radical (unpaired) electrons. The van der Waals surface area contributed by atoms with Gasteiger partial charge in [0.15, 0.2) is 5.16 Å². The molecule has 0 fully saturated rings. The summed E-state index contributed by atoms with van der Waals surface area (Å²) in [7, 11) is 3.10. The van der Waals surface area contributed by atoms with Crippen LogP contribution in [0.2, 0.25) is 0 Å². The normalized spacial score (nSPS) is 10.8. The predicted octanol–water partition coefficient (Wildman–Crippen LogP) is 4.20. The van der Waals surface area contributed by atoms with E-state index in [-0.39, 0.29) is 17.2 Å². The van der Waals surface area contributed by atoms with Crippen LogP contribution in [-0.2, 0) is 4.79 Å². The van der Waals surface area contributed by atoms with Crippen molar-refractivity contribution in [1.29, 1.82) is 0 Å². The lowest BCUT2D eigenvalue weighted by Gasteiger charge is -2.15. The third-order valence-electron chi connectivity index (χ3n) is 4.49. The molecule has 0 saturated heterocycles. The lowest BCUT2D eigenvalue weighted by molar-refractivity contribution is -0.113. The summed E-state index contributed by atoms with van der Waals surface area (Å²) in [5, 5.41) is 5.08. The molecule has 2 heterocycles. The monoisotopic (exact) mass is 453 g/mol. The van der Waals surface area contributed by atoms with Crippen molar-refractivity contribution in [3.63, 3.8) is 0 Å². The summed E-state index contributed by atoms with van der Waals surface area (Å²) < 4.78 is 12.8. The first-order valence-electron chi connectivity index (χ1n) is 9.31. The van der Waals surface area contributed by atoms with Crippen molar-refractivity contribution in [2.24, 2.45) is 0 Å². The Kier molecular flexibility index (Phi) is 6.24. The van der Waals surface area contributed by atoms with E-state index in [9.17, 15) is 9.59 Å². The number of hydrogen-bond acceptors (Lipinski definition) is 7. The molecule has 0 atom stereocenters. The molecular weight excluding hydrogens is 434 g/mol. The fourth-order valence-electron chi connectivity index (χ4n) is 3.08. The third kappa shape index (κ3) is 4.28. The Bertz CT molecular complexity index is 1300. The lowest BCUT2D eigenvalue weighted by Crippen LogP contribution is -2.22. The van der Waals surface area contributed by atoms with E-state index in [4.69, 9.17) is 9.47 Å². The molecule has 4 rings (SSSR count). The summed E-state index contributed by atoms with van der Waals surface area (Å²) in [5.41, 5.74) is 1.57. The van der Waals surface area contributed by atoms with E-state index in [0.717, 1.165) is 0 Å². The van der Waals surface area contributed by atoms with Gasteiger partial charge in [0.05, 0.1) is 36.9 Å². The first-order valence-corrected chi connectivity index (χ1v) is 11.2. The SMILES string of the molecule is COc1ccccc1NC(=O)CSc1nc2ccsc2c(=O)n1-c1ccccc1OC. The van der Waals surface area contributed by atoms with E-state index in [1.54, 1.807) is 44.6 Å². The number of para-hydroxylation sites is 4. The van der Waals surface area contributed by atoms with Crippen LogP contribution >= 0.6 is 23.1 Å². The molecule has 0 unspecified atom stereocenters. The second-order valence-electron chi connectivity index (χ2n) is 6.38. The van der Waals surface area contributed by atoms with E-state index in [1.165, 1.54) is 27.7 Å². The maximum absolute atomic E-state index is 13.2. The van der Waals surface area contributed by atoms with E-state index in [2.05, 4.69) is 10.3 Å². The van der Waals surface area contributed by atoms with Gasteiger partial charge in [-0.25, -0.2) is 4.98 Å². The third-order valence-corrected chi connectivity index (χ3v) is 6.32. The van der Waals surface area contributed by atoms with Gasteiger partial charge in [-0.1, -0.05) is 36.0 Å². The zero-order valence-corrected chi connectivity index (χ0v) is 18.5. The number of fused-ring (bicyclic) bond motifs is 1. The van der Waals surface area contributed by atoms with Gasteiger partial charge < -0.3 is 14.8 Å². The molecule has 0 aliphatic rings. The zero-order chi connectivity index (χ0) is 21.8. The molecule has 0 aliphatic heterocycles. The number of carbonyl (C=O) groups is 1. The van der Waals surface area contributed by atoms with Crippen molar-refractivity contribution in [2.75, 3.05) is 25.3 Å². The number of amides is 1. The van der Waals surface area contributed by atoms with Crippen molar-refractivity contribution < 1.29 is 14.3 Å². The van der Waals surface area contributed by atoms with Crippen LogP contribution in [0.5, 0.6) is 11.5 Å². The number of rotatable bonds is 7. The van der Waals surface area contributed by atoms with Gasteiger partial charge in [-0.3, -0.25) is 14.2 Å². The smallest absolute Gasteiger partial charge is 0.276 e. The standard InChI is InChI=1S/C22H19N3O4S2/c1-28-17-9-5-3-7-14(17)23-19(26)13-31-22-24-15-11-12-30-20(15)21(27)25(22)16-8-4-6-10-18(16)29-2/h3-12H,13H2,1-2H3,(H,23,26). The Morgan fingerprint density at radius 3 is 2.55 bits per heavy atom. The van der Waals surface area contributed by atoms with E-state index >= 15 is 0 Å². The fraction of sp³-hybridized carbons (Fsp3) is 0.136. The molecule has 158 valence electrons. The largest absolute Gasteiger partial charge is 0.495 e. The van der Waals surface area contributed by atoms with Crippen LogP contribution in [-0.4, -0.2) is 35.4 Å². The van der Waals surface area contributed by atoms with E-state index in [1.807, 2.05) is 29.6 Å². The Balaban J connectivity index is 1.67. The molecule has 1 N–H and O–H groups in total. The molecule has 1 amide bonds. The number of aromatic nitrogens is 2. The van der Waals surface area contributed by atoms with Gasteiger partial charge in [-0.05, 0) is 35.7 Å². The van der Waals surface area contributed by atoms with Crippen molar-refractivity contribution in [3.8, 4) is 17.2 Å². The highest BCUT2D eigenvalue weighted by Crippen LogP contribution is 2.29. The van der Waals surface area contributed by atoms with Crippen LogP contribution in [0.25, 0.3) is 15.9 Å². The van der Waals surface area contributed by atoms with E-state index in [0.29, 0.717) is 38.2 Å². The molecule has 2 aromatic carbocycles. The van der Waals surface area contributed by atoms with Crippen LogP contribution in [0.1, 0.15) is 0 Å². The van der Waals surface area contributed by atoms with E-state index < -0.39 is 0 Å².